The molecule has 3 heteroatoms. The summed E-state index contributed by atoms with van der Waals surface area (Å²) in [6.45, 7) is 0. The van der Waals surface area contributed by atoms with Crippen LogP contribution >= 0.6 is 0 Å². The van der Waals surface area contributed by atoms with Gasteiger partial charge in [0, 0.05) is 38.4 Å². The molecule has 0 saturated carbocycles. The van der Waals surface area contributed by atoms with Gasteiger partial charge >= 0.3 is 0 Å². The van der Waals surface area contributed by atoms with Crippen molar-refractivity contribution in [3.8, 4) is 45.2 Å². The maximum absolute atomic E-state index is 5.29. The number of para-hydroxylation sites is 1. The van der Waals surface area contributed by atoms with Crippen LogP contribution in [0.1, 0.15) is 0 Å². The fraction of sp³-hybridized carbons (Fsp3) is 0. The number of rotatable bonds is 4. The molecule has 0 saturated heterocycles. The maximum atomic E-state index is 5.29. The minimum atomic E-state index is 0.677. The van der Waals surface area contributed by atoms with Gasteiger partial charge in [-0.15, -0.1) is 0 Å². The number of benzene rings is 8. The molecule has 8 aromatic carbocycles. The van der Waals surface area contributed by atoms with Crippen LogP contribution in [0.3, 0.4) is 0 Å². The summed E-state index contributed by atoms with van der Waals surface area (Å²) >= 11 is 0. The Balaban J connectivity index is 1.22. The highest BCUT2D eigenvalue weighted by molar-refractivity contribution is 6.22. The van der Waals surface area contributed by atoms with Gasteiger partial charge in [0.2, 0.25) is 0 Å². The molecule has 0 N–H and O–H groups in total. The van der Waals surface area contributed by atoms with E-state index in [4.69, 9.17) is 15.0 Å². The van der Waals surface area contributed by atoms with Crippen molar-refractivity contribution in [1.82, 2.24) is 15.0 Å². The molecule has 0 amide bonds. The molecule has 0 radical (unpaired) electrons. The highest BCUT2D eigenvalue weighted by Gasteiger charge is 2.17. The molecule has 0 aliphatic rings. The Kier molecular flexibility index (Phi) is 6.49. The van der Waals surface area contributed by atoms with Crippen LogP contribution < -0.4 is 0 Å². The summed E-state index contributed by atoms with van der Waals surface area (Å²) in [5.41, 5.74) is 7.84. The SMILES string of the molecule is c1cc(-c2nc(-c3cccc4ccccc34)cc(-c3cccc4ccccc34)n2)cc(-c2nc3ccccc3c3c2ccc2ccccc23)c1. The first-order valence-corrected chi connectivity index (χ1v) is 16.9. The van der Waals surface area contributed by atoms with Gasteiger partial charge in [0.15, 0.2) is 5.82 Å². The van der Waals surface area contributed by atoms with E-state index in [1.54, 1.807) is 0 Å². The average Bonchev–Trinajstić information content (AvgIpc) is 3.19. The molecule has 2 heterocycles. The third kappa shape index (κ3) is 4.63. The van der Waals surface area contributed by atoms with Crippen LogP contribution in [0.2, 0.25) is 0 Å². The van der Waals surface area contributed by atoms with Crippen LogP contribution in [0.5, 0.6) is 0 Å². The molecule has 0 spiro atoms. The number of pyridine rings is 1. The first-order valence-electron chi connectivity index (χ1n) is 16.9. The molecule has 3 nitrogen and oxygen atoms in total. The molecule has 10 rings (SSSR count). The second-order valence-corrected chi connectivity index (χ2v) is 12.8. The molecule has 0 atom stereocenters. The Morgan fingerprint density at radius 2 is 0.840 bits per heavy atom. The van der Waals surface area contributed by atoms with E-state index in [2.05, 4.69) is 176 Å². The van der Waals surface area contributed by atoms with Crippen molar-refractivity contribution in [2.24, 2.45) is 0 Å². The third-order valence-corrected chi connectivity index (χ3v) is 9.84. The fourth-order valence-electron chi connectivity index (χ4n) is 7.50. The van der Waals surface area contributed by atoms with Crippen LogP contribution in [-0.4, -0.2) is 15.0 Å². The van der Waals surface area contributed by atoms with E-state index in [9.17, 15) is 0 Å². The first-order chi connectivity index (χ1) is 24.8. The Hall–Kier alpha value is -6.71. The summed E-state index contributed by atoms with van der Waals surface area (Å²) < 4.78 is 0. The van der Waals surface area contributed by atoms with Gasteiger partial charge < -0.3 is 0 Å². The molecule has 232 valence electrons. The molecular formula is C47H29N3. The number of aromatic nitrogens is 3. The van der Waals surface area contributed by atoms with Crippen molar-refractivity contribution in [3.63, 3.8) is 0 Å². The molecule has 2 aromatic heterocycles. The first kappa shape index (κ1) is 28.3. The normalized spacial score (nSPS) is 11.6. The lowest BCUT2D eigenvalue weighted by molar-refractivity contribution is 1.19. The summed E-state index contributed by atoms with van der Waals surface area (Å²) in [7, 11) is 0. The Labute approximate surface area is 289 Å². The van der Waals surface area contributed by atoms with E-state index in [0.717, 1.165) is 66.4 Å². The number of nitrogens with zero attached hydrogens (tertiary/aromatic N) is 3. The number of hydrogen-bond donors (Lipinski definition) is 0. The van der Waals surface area contributed by atoms with E-state index in [1.807, 2.05) is 0 Å². The number of fused-ring (bicyclic) bond motifs is 7. The van der Waals surface area contributed by atoms with Crippen molar-refractivity contribution >= 4 is 54.0 Å². The molecule has 0 bridgehead atoms. The lowest BCUT2D eigenvalue weighted by Gasteiger charge is -2.14. The van der Waals surface area contributed by atoms with Crippen molar-refractivity contribution in [1.29, 1.82) is 0 Å². The fourth-order valence-corrected chi connectivity index (χ4v) is 7.50. The summed E-state index contributed by atoms with van der Waals surface area (Å²) in [5.74, 6) is 0.677. The Morgan fingerprint density at radius 1 is 0.320 bits per heavy atom. The van der Waals surface area contributed by atoms with Gasteiger partial charge in [0.1, 0.15) is 0 Å². The van der Waals surface area contributed by atoms with Gasteiger partial charge in [-0.1, -0.05) is 158 Å². The van der Waals surface area contributed by atoms with E-state index < -0.39 is 0 Å². The van der Waals surface area contributed by atoms with Gasteiger partial charge in [-0.05, 0) is 50.5 Å². The summed E-state index contributed by atoms with van der Waals surface area (Å²) in [5, 5.41) is 10.6. The highest BCUT2D eigenvalue weighted by atomic mass is 14.9. The topological polar surface area (TPSA) is 38.7 Å². The zero-order valence-corrected chi connectivity index (χ0v) is 27.1. The molecule has 50 heavy (non-hydrogen) atoms. The molecule has 0 aliphatic heterocycles. The van der Waals surface area contributed by atoms with Crippen LogP contribution in [-0.2, 0) is 0 Å². The van der Waals surface area contributed by atoms with E-state index in [1.165, 1.54) is 26.9 Å². The smallest absolute Gasteiger partial charge is 0.160 e. The van der Waals surface area contributed by atoms with Gasteiger partial charge in [0.05, 0.1) is 22.6 Å². The van der Waals surface area contributed by atoms with Crippen molar-refractivity contribution in [2.45, 2.75) is 0 Å². The second-order valence-electron chi connectivity index (χ2n) is 12.8. The molecule has 0 aliphatic carbocycles. The highest BCUT2D eigenvalue weighted by Crippen LogP contribution is 2.39. The molecule has 0 fully saturated rings. The Bertz CT molecular complexity index is 2820. The second kappa shape index (κ2) is 11.5. The molecular weight excluding hydrogens is 607 g/mol. The van der Waals surface area contributed by atoms with E-state index in [-0.39, 0.29) is 0 Å². The quantitative estimate of drug-likeness (QED) is 0.181. The largest absolute Gasteiger partial charge is 0.247 e. The van der Waals surface area contributed by atoms with Crippen molar-refractivity contribution in [3.05, 3.63) is 176 Å². The summed E-state index contributed by atoms with van der Waals surface area (Å²) in [6.07, 6.45) is 0. The molecule has 0 unspecified atom stereocenters. The summed E-state index contributed by atoms with van der Waals surface area (Å²) in [4.78, 5) is 15.8. The van der Waals surface area contributed by atoms with E-state index >= 15 is 0 Å². The zero-order chi connectivity index (χ0) is 33.0. The van der Waals surface area contributed by atoms with Gasteiger partial charge in [0.25, 0.3) is 0 Å². The standard InChI is InChI=1S/C47H29N3/c1-4-19-35-30(12-1)15-10-23-38(35)43-29-44(39-24-11-16-31-13-2-5-20-36(31)39)50-47(49-43)34-18-9-17-33(28-34)46-41-27-26-32-14-3-6-21-37(32)45(41)40-22-7-8-25-42(40)48-46/h1-29H. The van der Waals surface area contributed by atoms with Gasteiger partial charge in [-0.2, -0.15) is 0 Å². The third-order valence-electron chi connectivity index (χ3n) is 9.84. The van der Waals surface area contributed by atoms with Crippen LogP contribution in [0.15, 0.2) is 176 Å². The van der Waals surface area contributed by atoms with Gasteiger partial charge in [-0.3, -0.25) is 0 Å². The predicted octanol–water partition coefficient (Wildman–Crippen LogP) is 12.3. The number of hydrogen-bond acceptors (Lipinski definition) is 3. The zero-order valence-electron chi connectivity index (χ0n) is 27.1. The molecule has 10 aromatic rings. The lowest BCUT2D eigenvalue weighted by atomic mass is 9.94. The minimum absolute atomic E-state index is 0.677. The average molecular weight is 636 g/mol. The predicted molar refractivity (Wildman–Crippen MR) is 209 cm³/mol. The summed E-state index contributed by atoms with van der Waals surface area (Å²) in [6, 6.07) is 62.0. The maximum Gasteiger partial charge on any atom is 0.160 e. The van der Waals surface area contributed by atoms with Crippen LogP contribution in [0.4, 0.5) is 0 Å². The monoisotopic (exact) mass is 635 g/mol. The van der Waals surface area contributed by atoms with Crippen molar-refractivity contribution < 1.29 is 0 Å². The van der Waals surface area contributed by atoms with E-state index in [0.29, 0.717) is 5.82 Å². The minimum Gasteiger partial charge on any atom is -0.247 e. The van der Waals surface area contributed by atoms with Crippen LogP contribution in [0.25, 0.3) is 99.2 Å². The van der Waals surface area contributed by atoms with Crippen LogP contribution in [0, 0.1) is 0 Å². The van der Waals surface area contributed by atoms with Crippen molar-refractivity contribution in [2.75, 3.05) is 0 Å². The Morgan fingerprint density at radius 3 is 1.52 bits per heavy atom. The lowest BCUT2D eigenvalue weighted by Crippen LogP contribution is -1.97. The van der Waals surface area contributed by atoms with Gasteiger partial charge in [-0.25, -0.2) is 15.0 Å².